The molecule has 1 spiro atoms. The van der Waals surface area contributed by atoms with E-state index in [2.05, 4.69) is 24.1 Å². The first-order valence-electron chi connectivity index (χ1n) is 8.94. The average molecular weight is 296 g/mol. The maximum Gasteiger partial charge on any atom is 0.168 e. The summed E-state index contributed by atoms with van der Waals surface area (Å²) in [7, 11) is 0. The normalized spacial score (nSPS) is 28.7. The van der Waals surface area contributed by atoms with Gasteiger partial charge in [0.15, 0.2) is 5.79 Å². The molecule has 122 valence electrons. The fourth-order valence-corrected chi connectivity index (χ4v) is 4.19. The molecule has 4 nitrogen and oxygen atoms in total. The predicted molar refractivity (Wildman–Crippen MR) is 84.3 cm³/mol. The highest BCUT2D eigenvalue weighted by atomic mass is 16.7. The number of ether oxygens (including phenoxy) is 2. The minimum Gasteiger partial charge on any atom is -0.348 e. The standard InChI is InChI=1S/C17H32N2O2/c1-14(2)16(19-9-3-4-10-19)13-18-15-5-7-17(8-6-15)20-11-12-21-17/h14-16,18H,3-13H2,1-2H3. The molecule has 0 radical (unpaired) electrons. The SMILES string of the molecule is CC(C)C(CNC1CCC2(CC1)OCCO2)N1CCCC1. The lowest BCUT2D eigenvalue weighted by Crippen LogP contribution is -2.49. The zero-order valence-corrected chi connectivity index (χ0v) is 13.8. The van der Waals surface area contributed by atoms with E-state index in [1.165, 1.54) is 38.8 Å². The third kappa shape index (κ3) is 3.79. The second-order valence-electron chi connectivity index (χ2n) is 7.34. The van der Waals surface area contributed by atoms with E-state index in [4.69, 9.17) is 9.47 Å². The number of nitrogens with zero attached hydrogens (tertiary/aromatic N) is 1. The number of hydrogen-bond acceptors (Lipinski definition) is 4. The lowest BCUT2D eigenvalue weighted by atomic mass is 9.89. The van der Waals surface area contributed by atoms with Crippen LogP contribution in [0.4, 0.5) is 0 Å². The van der Waals surface area contributed by atoms with Gasteiger partial charge in [-0.2, -0.15) is 0 Å². The van der Waals surface area contributed by atoms with Crippen LogP contribution in [-0.4, -0.2) is 55.6 Å². The topological polar surface area (TPSA) is 33.7 Å². The zero-order chi connectivity index (χ0) is 14.7. The Morgan fingerprint density at radius 3 is 2.29 bits per heavy atom. The molecule has 3 aliphatic rings. The van der Waals surface area contributed by atoms with E-state index in [9.17, 15) is 0 Å². The monoisotopic (exact) mass is 296 g/mol. The molecule has 3 rings (SSSR count). The molecule has 3 fully saturated rings. The van der Waals surface area contributed by atoms with Crippen molar-refractivity contribution in [2.75, 3.05) is 32.8 Å². The van der Waals surface area contributed by atoms with E-state index in [1.807, 2.05) is 0 Å². The molecule has 2 aliphatic heterocycles. The first kappa shape index (κ1) is 15.7. The van der Waals surface area contributed by atoms with Crippen molar-refractivity contribution in [2.45, 2.75) is 70.2 Å². The number of likely N-dealkylation sites (tertiary alicyclic amines) is 1. The summed E-state index contributed by atoms with van der Waals surface area (Å²) in [4.78, 5) is 2.69. The molecule has 2 saturated heterocycles. The molecule has 4 heteroatoms. The molecule has 1 N–H and O–H groups in total. The van der Waals surface area contributed by atoms with Gasteiger partial charge < -0.3 is 14.8 Å². The summed E-state index contributed by atoms with van der Waals surface area (Å²) in [6, 6.07) is 1.34. The Hall–Kier alpha value is -0.160. The average Bonchev–Trinajstić information content (AvgIpc) is 3.13. The molecule has 0 amide bonds. The zero-order valence-electron chi connectivity index (χ0n) is 13.8. The summed E-state index contributed by atoms with van der Waals surface area (Å²) in [6.45, 7) is 10.0. The summed E-state index contributed by atoms with van der Waals surface area (Å²) < 4.78 is 11.6. The maximum atomic E-state index is 5.82. The van der Waals surface area contributed by atoms with Crippen LogP contribution < -0.4 is 5.32 Å². The molecule has 21 heavy (non-hydrogen) atoms. The van der Waals surface area contributed by atoms with Crippen LogP contribution in [0, 0.1) is 5.92 Å². The second-order valence-corrected chi connectivity index (χ2v) is 7.34. The molecular weight excluding hydrogens is 264 g/mol. The highest BCUT2D eigenvalue weighted by Crippen LogP contribution is 2.35. The van der Waals surface area contributed by atoms with Crippen molar-refractivity contribution in [1.82, 2.24) is 10.2 Å². The quantitative estimate of drug-likeness (QED) is 0.844. The summed E-state index contributed by atoms with van der Waals surface area (Å²) in [6.07, 6.45) is 7.24. The third-order valence-corrected chi connectivity index (χ3v) is 5.56. The fourth-order valence-electron chi connectivity index (χ4n) is 4.19. The van der Waals surface area contributed by atoms with E-state index in [1.54, 1.807) is 0 Å². The molecule has 2 heterocycles. The van der Waals surface area contributed by atoms with Gasteiger partial charge in [-0.25, -0.2) is 0 Å². The summed E-state index contributed by atoms with van der Waals surface area (Å²) in [5.41, 5.74) is 0. The smallest absolute Gasteiger partial charge is 0.168 e. The van der Waals surface area contributed by atoms with Gasteiger partial charge in [-0.15, -0.1) is 0 Å². The Bertz CT molecular complexity index is 313. The van der Waals surface area contributed by atoms with E-state index >= 15 is 0 Å². The van der Waals surface area contributed by atoms with E-state index in [0.717, 1.165) is 38.5 Å². The first-order valence-corrected chi connectivity index (χ1v) is 8.94. The van der Waals surface area contributed by atoms with Crippen LogP contribution in [0.25, 0.3) is 0 Å². The molecule has 1 saturated carbocycles. The Morgan fingerprint density at radius 1 is 1.10 bits per heavy atom. The van der Waals surface area contributed by atoms with Crippen molar-refractivity contribution in [2.24, 2.45) is 5.92 Å². The number of rotatable bonds is 5. The first-order chi connectivity index (χ1) is 10.2. The maximum absolute atomic E-state index is 5.82. The van der Waals surface area contributed by atoms with Gasteiger partial charge >= 0.3 is 0 Å². The van der Waals surface area contributed by atoms with Crippen molar-refractivity contribution in [1.29, 1.82) is 0 Å². The molecule has 0 bridgehead atoms. The number of hydrogen-bond donors (Lipinski definition) is 1. The molecule has 1 unspecified atom stereocenters. The molecule has 0 aromatic rings. The van der Waals surface area contributed by atoms with Crippen LogP contribution >= 0.6 is 0 Å². The van der Waals surface area contributed by atoms with E-state index < -0.39 is 0 Å². The van der Waals surface area contributed by atoms with Crippen LogP contribution in [0.2, 0.25) is 0 Å². The van der Waals surface area contributed by atoms with E-state index in [-0.39, 0.29) is 5.79 Å². The van der Waals surface area contributed by atoms with Gasteiger partial charge in [0.1, 0.15) is 0 Å². The van der Waals surface area contributed by atoms with Gasteiger partial charge in [-0.1, -0.05) is 13.8 Å². The minimum absolute atomic E-state index is 0.218. The van der Waals surface area contributed by atoms with Gasteiger partial charge in [-0.05, 0) is 44.7 Å². The molecule has 1 atom stereocenters. The Kier molecular flexibility index (Phi) is 5.20. The molecule has 1 aliphatic carbocycles. The van der Waals surface area contributed by atoms with Crippen molar-refractivity contribution >= 4 is 0 Å². The van der Waals surface area contributed by atoms with E-state index in [0.29, 0.717) is 12.1 Å². The van der Waals surface area contributed by atoms with Crippen LogP contribution in [0.5, 0.6) is 0 Å². The van der Waals surface area contributed by atoms with Crippen molar-refractivity contribution in [3.8, 4) is 0 Å². The number of nitrogens with one attached hydrogen (secondary N) is 1. The van der Waals surface area contributed by atoms with Gasteiger partial charge in [0.25, 0.3) is 0 Å². The summed E-state index contributed by atoms with van der Waals surface area (Å²) >= 11 is 0. The van der Waals surface area contributed by atoms with Gasteiger partial charge in [0.2, 0.25) is 0 Å². The Balaban J connectivity index is 1.44. The Labute approximate surface area is 129 Å². The summed E-state index contributed by atoms with van der Waals surface area (Å²) in [5, 5.41) is 3.83. The van der Waals surface area contributed by atoms with Gasteiger partial charge in [0, 0.05) is 31.5 Å². The lowest BCUT2D eigenvalue weighted by molar-refractivity contribution is -0.179. The highest BCUT2D eigenvalue weighted by Gasteiger charge is 2.40. The third-order valence-electron chi connectivity index (χ3n) is 5.56. The van der Waals surface area contributed by atoms with Gasteiger partial charge in [-0.3, -0.25) is 4.90 Å². The lowest BCUT2D eigenvalue weighted by Gasteiger charge is -2.37. The van der Waals surface area contributed by atoms with Gasteiger partial charge in [0.05, 0.1) is 13.2 Å². The molecular formula is C17H32N2O2. The molecule has 0 aromatic carbocycles. The van der Waals surface area contributed by atoms with Crippen molar-refractivity contribution < 1.29 is 9.47 Å². The van der Waals surface area contributed by atoms with Crippen molar-refractivity contribution in [3.05, 3.63) is 0 Å². The Morgan fingerprint density at radius 2 is 1.71 bits per heavy atom. The molecule has 0 aromatic heterocycles. The fraction of sp³-hybridized carbons (Fsp3) is 1.00. The highest BCUT2D eigenvalue weighted by molar-refractivity contribution is 4.87. The van der Waals surface area contributed by atoms with Crippen LogP contribution in [-0.2, 0) is 9.47 Å². The largest absolute Gasteiger partial charge is 0.348 e. The van der Waals surface area contributed by atoms with Crippen LogP contribution in [0.3, 0.4) is 0 Å². The van der Waals surface area contributed by atoms with Crippen LogP contribution in [0.15, 0.2) is 0 Å². The van der Waals surface area contributed by atoms with Crippen molar-refractivity contribution in [3.63, 3.8) is 0 Å². The van der Waals surface area contributed by atoms with Crippen LogP contribution in [0.1, 0.15) is 52.4 Å². The second kappa shape index (κ2) is 6.95. The minimum atomic E-state index is -0.218. The predicted octanol–water partition coefficient (Wildman–Crippen LogP) is 2.38. The summed E-state index contributed by atoms with van der Waals surface area (Å²) in [5.74, 6) is 0.511.